The van der Waals surface area contributed by atoms with Gasteiger partial charge in [-0.25, -0.2) is 0 Å². The highest BCUT2D eigenvalue weighted by molar-refractivity contribution is 6.00. The molecular weight excluding hydrogens is 408 g/mol. The Labute approximate surface area is 186 Å². The SMILES string of the molecule is COc1ccc(Nc2ccccc2C(=O)N2CCN(c3ccc([N+](=O)[O-])cc3)CC2)cc1. The minimum absolute atomic E-state index is 0.0232. The smallest absolute Gasteiger partial charge is 0.269 e. The third kappa shape index (κ3) is 4.64. The number of carbonyl (C=O) groups excluding carboxylic acids is 1. The van der Waals surface area contributed by atoms with Crippen molar-refractivity contribution in [1.82, 2.24) is 4.90 Å². The molecule has 4 rings (SSSR count). The summed E-state index contributed by atoms with van der Waals surface area (Å²) >= 11 is 0. The number of nitrogens with one attached hydrogen (secondary N) is 1. The molecule has 8 heteroatoms. The lowest BCUT2D eigenvalue weighted by Crippen LogP contribution is -2.48. The quantitative estimate of drug-likeness (QED) is 0.461. The monoisotopic (exact) mass is 432 g/mol. The van der Waals surface area contributed by atoms with E-state index in [1.54, 1.807) is 19.2 Å². The van der Waals surface area contributed by atoms with Gasteiger partial charge in [0.25, 0.3) is 11.6 Å². The second-order valence-electron chi connectivity index (χ2n) is 7.45. The van der Waals surface area contributed by atoms with Crippen molar-refractivity contribution >= 4 is 28.7 Å². The lowest BCUT2D eigenvalue weighted by Gasteiger charge is -2.36. The maximum absolute atomic E-state index is 13.2. The van der Waals surface area contributed by atoms with Crippen molar-refractivity contribution in [3.63, 3.8) is 0 Å². The number of amides is 1. The van der Waals surface area contributed by atoms with Crippen LogP contribution in [0.15, 0.2) is 72.8 Å². The van der Waals surface area contributed by atoms with Gasteiger partial charge >= 0.3 is 0 Å². The summed E-state index contributed by atoms with van der Waals surface area (Å²) in [6, 6.07) is 21.5. The highest BCUT2D eigenvalue weighted by atomic mass is 16.6. The molecule has 1 fully saturated rings. The molecule has 0 spiro atoms. The average molecular weight is 432 g/mol. The number of nitro groups is 1. The normalized spacial score (nSPS) is 13.5. The van der Waals surface area contributed by atoms with E-state index in [2.05, 4.69) is 10.2 Å². The highest BCUT2D eigenvalue weighted by Crippen LogP contribution is 2.25. The molecule has 3 aromatic rings. The largest absolute Gasteiger partial charge is 0.497 e. The van der Waals surface area contributed by atoms with E-state index in [4.69, 9.17) is 4.74 Å². The van der Waals surface area contributed by atoms with Gasteiger partial charge in [-0.05, 0) is 48.5 Å². The molecule has 0 aliphatic carbocycles. The van der Waals surface area contributed by atoms with E-state index in [1.165, 1.54) is 12.1 Å². The molecule has 1 N–H and O–H groups in total. The molecule has 1 heterocycles. The Kier molecular flexibility index (Phi) is 6.21. The number of methoxy groups -OCH3 is 1. The van der Waals surface area contributed by atoms with E-state index in [0.717, 1.165) is 22.8 Å². The summed E-state index contributed by atoms with van der Waals surface area (Å²) in [4.78, 5) is 27.7. The second-order valence-corrected chi connectivity index (χ2v) is 7.45. The van der Waals surface area contributed by atoms with E-state index in [9.17, 15) is 14.9 Å². The number of rotatable bonds is 6. The summed E-state index contributed by atoms with van der Waals surface area (Å²) in [6.07, 6.45) is 0. The summed E-state index contributed by atoms with van der Waals surface area (Å²) in [7, 11) is 1.62. The Balaban J connectivity index is 1.42. The summed E-state index contributed by atoms with van der Waals surface area (Å²) in [5, 5.41) is 14.2. The predicted octanol–water partition coefficient (Wildman–Crippen LogP) is 4.31. The molecule has 1 aliphatic heterocycles. The number of hydrogen-bond acceptors (Lipinski definition) is 6. The zero-order valence-corrected chi connectivity index (χ0v) is 17.7. The number of ether oxygens (including phenoxy) is 1. The van der Waals surface area contributed by atoms with Crippen LogP contribution in [0.2, 0.25) is 0 Å². The Hall–Kier alpha value is -4.07. The first kappa shape index (κ1) is 21.2. The average Bonchev–Trinajstić information content (AvgIpc) is 2.84. The number of nitrogens with zero attached hydrogens (tertiary/aromatic N) is 3. The lowest BCUT2D eigenvalue weighted by molar-refractivity contribution is -0.384. The zero-order valence-electron chi connectivity index (χ0n) is 17.7. The van der Waals surface area contributed by atoms with Crippen LogP contribution in [0, 0.1) is 10.1 Å². The molecule has 1 aliphatic rings. The minimum atomic E-state index is -0.405. The number of piperazine rings is 1. The van der Waals surface area contributed by atoms with Gasteiger partial charge in [0, 0.05) is 49.7 Å². The first-order chi connectivity index (χ1) is 15.5. The third-order valence-electron chi connectivity index (χ3n) is 5.52. The molecule has 0 bridgehead atoms. The van der Waals surface area contributed by atoms with Gasteiger partial charge in [0.15, 0.2) is 0 Å². The van der Waals surface area contributed by atoms with Crippen molar-refractivity contribution in [2.45, 2.75) is 0 Å². The van der Waals surface area contributed by atoms with Crippen LogP contribution in [0.1, 0.15) is 10.4 Å². The highest BCUT2D eigenvalue weighted by Gasteiger charge is 2.24. The summed E-state index contributed by atoms with van der Waals surface area (Å²) in [6.45, 7) is 2.48. The predicted molar refractivity (Wildman–Crippen MR) is 124 cm³/mol. The standard InChI is InChI=1S/C24H24N4O4/c1-32-21-12-6-18(7-13-21)25-23-5-3-2-4-22(23)24(29)27-16-14-26(15-17-27)19-8-10-20(11-9-19)28(30)31/h2-13,25H,14-17H2,1H3. The van der Waals surface area contributed by atoms with Crippen molar-refractivity contribution in [1.29, 1.82) is 0 Å². The zero-order chi connectivity index (χ0) is 22.5. The molecule has 8 nitrogen and oxygen atoms in total. The van der Waals surface area contributed by atoms with Crippen molar-refractivity contribution < 1.29 is 14.5 Å². The third-order valence-corrected chi connectivity index (χ3v) is 5.52. The van der Waals surface area contributed by atoms with Gasteiger partial charge in [-0.3, -0.25) is 14.9 Å². The molecule has 1 amide bonds. The molecule has 1 saturated heterocycles. The van der Waals surface area contributed by atoms with Gasteiger partial charge in [-0.1, -0.05) is 12.1 Å². The van der Waals surface area contributed by atoms with Crippen molar-refractivity contribution in [3.8, 4) is 5.75 Å². The van der Waals surface area contributed by atoms with E-state index in [0.29, 0.717) is 31.7 Å². The molecular formula is C24H24N4O4. The van der Waals surface area contributed by atoms with E-state index in [1.807, 2.05) is 53.4 Å². The topological polar surface area (TPSA) is 88.0 Å². The number of hydrogen-bond donors (Lipinski definition) is 1. The Bertz CT molecular complexity index is 1090. The molecule has 0 unspecified atom stereocenters. The maximum Gasteiger partial charge on any atom is 0.269 e. The van der Waals surface area contributed by atoms with Crippen LogP contribution < -0.4 is 15.0 Å². The molecule has 32 heavy (non-hydrogen) atoms. The Morgan fingerprint density at radius 3 is 2.22 bits per heavy atom. The lowest BCUT2D eigenvalue weighted by atomic mass is 10.1. The number of nitro benzene ring substituents is 1. The summed E-state index contributed by atoms with van der Waals surface area (Å²) in [5.74, 6) is 0.746. The first-order valence-corrected chi connectivity index (χ1v) is 10.3. The van der Waals surface area contributed by atoms with Crippen molar-refractivity contribution in [3.05, 3.63) is 88.5 Å². The Morgan fingerprint density at radius 1 is 0.938 bits per heavy atom. The molecule has 0 atom stereocenters. The van der Waals surface area contributed by atoms with Crippen LogP contribution in [-0.4, -0.2) is 49.0 Å². The van der Waals surface area contributed by atoms with Crippen LogP contribution >= 0.6 is 0 Å². The van der Waals surface area contributed by atoms with Crippen LogP contribution in [-0.2, 0) is 0 Å². The fourth-order valence-corrected chi connectivity index (χ4v) is 3.73. The molecule has 164 valence electrons. The Morgan fingerprint density at radius 2 is 1.59 bits per heavy atom. The van der Waals surface area contributed by atoms with Gasteiger partial charge in [0.2, 0.25) is 0 Å². The summed E-state index contributed by atoms with van der Waals surface area (Å²) in [5.41, 5.74) is 3.23. The number of anilines is 3. The molecule has 3 aromatic carbocycles. The van der Waals surface area contributed by atoms with Gasteiger partial charge in [-0.15, -0.1) is 0 Å². The van der Waals surface area contributed by atoms with E-state index < -0.39 is 4.92 Å². The van der Waals surface area contributed by atoms with Crippen LogP contribution in [0.4, 0.5) is 22.7 Å². The van der Waals surface area contributed by atoms with E-state index >= 15 is 0 Å². The van der Waals surface area contributed by atoms with Gasteiger partial charge in [0.1, 0.15) is 5.75 Å². The number of para-hydroxylation sites is 1. The molecule has 0 aromatic heterocycles. The second kappa shape index (κ2) is 9.38. The molecule has 0 radical (unpaired) electrons. The molecule has 0 saturated carbocycles. The van der Waals surface area contributed by atoms with Crippen molar-refractivity contribution in [2.75, 3.05) is 43.5 Å². The van der Waals surface area contributed by atoms with Crippen LogP contribution in [0.25, 0.3) is 0 Å². The van der Waals surface area contributed by atoms with Gasteiger partial charge < -0.3 is 19.9 Å². The minimum Gasteiger partial charge on any atom is -0.497 e. The first-order valence-electron chi connectivity index (χ1n) is 10.3. The number of benzene rings is 3. The number of carbonyl (C=O) groups is 1. The fourth-order valence-electron chi connectivity index (χ4n) is 3.73. The fraction of sp³-hybridized carbons (Fsp3) is 0.208. The van der Waals surface area contributed by atoms with Crippen molar-refractivity contribution in [2.24, 2.45) is 0 Å². The van der Waals surface area contributed by atoms with Crippen LogP contribution in [0.3, 0.4) is 0 Å². The summed E-state index contributed by atoms with van der Waals surface area (Å²) < 4.78 is 5.20. The van der Waals surface area contributed by atoms with Gasteiger partial charge in [0.05, 0.1) is 23.3 Å². The van der Waals surface area contributed by atoms with E-state index in [-0.39, 0.29) is 11.6 Å². The van der Waals surface area contributed by atoms with Gasteiger partial charge in [-0.2, -0.15) is 0 Å². The number of non-ortho nitro benzene ring substituents is 1. The van der Waals surface area contributed by atoms with Crippen LogP contribution in [0.5, 0.6) is 5.75 Å². The maximum atomic E-state index is 13.2.